The van der Waals surface area contributed by atoms with Crippen molar-refractivity contribution < 1.29 is 9.13 Å². The molecule has 3 atom stereocenters. The topological polar surface area (TPSA) is 7.76 Å². The van der Waals surface area contributed by atoms with Crippen molar-refractivity contribution in [3.63, 3.8) is 0 Å². The first-order valence-electron chi connectivity index (χ1n) is 17.3. The zero-order chi connectivity index (χ0) is 31.2. The van der Waals surface area contributed by atoms with Gasteiger partial charge in [-0.15, -0.1) is 0 Å². The van der Waals surface area contributed by atoms with E-state index in [-0.39, 0.29) is 11.0 Å². The molecule has 0 fully saturated rings. The minimum atomic E-state index is -0.0638. The molecule has 0 amide bonds. The Kier molecular flexibility index (Phi) is 7.72. The SMILES string of the molecule is CCCCc1ccc2c(c1)-c1cccc[n+]1C(C)(CC)C2(CC)CC1C[n+]2ccc(C)cc2-c2ccc(-c3ccccc3)cc21. The number of hydrogen-bond acceptors (Lipinski definition) is 0. The Labute approximate surface area is 270 Å². The van der Waals surface area contributed by atoms with Crippen LogP contribution in [0.5, 0.6) is 0 Å². The lowest BCUT2D eigenvalue weighted by atomic mass is 9.55. The van der Waals surface area contributed by atoms with Crippen LogP contribution in [0, 0.1) is 6.92 Å². The molecule has 3 aromatic carbocycles. The molecule has 0 saturated carbocycles. The summed E-state index contributed by atoms with van der Waals surface area (Å²) in [7, 11) is 0. The van der Waals surface area contributed by atoms with Crippen molar-refractivity contribution in [3.8, 4) is 33.6 Å². The van der Waals surface area contributed by atoms with Gasteiger partial charge in [-0.3, -0.25) is 0 Å². The second-order valence-electron chi connectivity index (χ2n) is 13.8. The average molecular weight is 593 g/mol. The number of nitrogens with zero attached hydrogens (tertiary/aromatic N) is 2. The minimum absolute atomic E-state index is 0.0349. The van der Waals surface area contributed by atoms with Gasteiger partial charge in [-0.25, -0.2) is 0 Å². The van der Waals surface area contributed by atoms with Crippen LogP contribution in [0.1, 0.15) is 88.0 Å². The van der Waals surface area contributed by atoms with Crippen LogP contribution in [-0.4, -0.2) is 0 Å². The Morgan fingerprint density at radius 2 is 1.56 bits per heavy atom. The van der Waals surface area contributed by atoms with Crippen molar-refractivity contribution >= 4 is 0 Å². The maximum atomic E-state index is 2.65. The van der Waals surface area contributed by atoms with Crippen LogP contribution >= 0.6 is 0 Å². The lowest BCUT2D eigenvalue weighted by molar-refractivity contribution is -0.766. The first-order valence-corrected chi connectivity index (χ1v) is 17.3. The maximum absolute atomic E-state index is 2.65. The minimum Gasteiger partial charge on any atom is -0.198 e. The van der Waals surface area contributed by atoms with Crippen LogP contribution in [0.3, 0.4) is 0 Å². The summed E-state index contributed by atoms with van der Waals surface area (Å²) in [5, 5.41) is 0. The van der Waals surface area contributed by atoms with E-state index in [1.807, 2.05) is 0 Å². The van der Waals surface area contributed by atoms with Gasteiger partial charge < -0.3 is 0 Å². The van der Waals surface area contributed by atoms with Crippen LogP contribution in [0.2, 0.25) is 0 Å². The molecule has 3 unspecified atom stereocenters. The van der Waals surface area contributed by atoms with Gasteiger partial charge >= 0.3 is 0 Å². The van der Waals surface area contributed by atoms with Gasteiger partial charge in [-0.2, -0.15) is 9.13 Å². The van der Waals surface area contributed by atoms with Crippen LogP contribution in [0.4, 0.5) is 0 Å². The highest BCUT2D eigenvalue weighted by Crippen LogP contribution is 2.55. The molecule has 4 heterocycles. The summed E-state index contributed by atoms with van der Waals surface area (Å²) in [5.74, 6) is 0.383. The van der Waals surface area contributed by atoms with Crippen molar-refractivity contribution in [2.75, 3.05) is 0 Å². The number of rotatable bonds is 8. The highest BCUT2D eigenvalue weighted by atomic mass is 15.1. The number of unbranched alkanes of at least 4 members (excludes halogenated alkanes) is 1. The second-order valence-corrected chi connectivity index (χ2v) is 13.8. The molecular formula is C43H48N2+2. The molecular weight excluding hydrogens is 544 g/mol. The van der Waals surface area contributed by atoms with Crippen molar-refractivity contribution in [2.24, 2.45) is 0 Å². The third-order valence-corrected chi connectivity index (χ3v) is 11.5. The Bertz CT molecular complexity index is 1850. The van der Waals surface area contributed by atoms with Crippen LogP contribution in [0.25, 0.3) is 33.6 Å². The molecule has 2 aromatic heterocycles. The Morgan fingerprint density at radius 1 is 0.733 bits per heavy atom. The fraction of sp³-hybridized carbons (Fsp3) is 0.349. The summed E-state index contributed by atoms with van der Waals surface area (Å²) in [5.41, 5.74) is 13.9. The van der Waals surface area contributed by atoms with E-state index >= 15 is 0 Å². The predicted molar refractivity (Wildman–Crippen MR) is 186 cm³/mol. The molecule has 5 aromatic rings. The van der Waals surface area contributed by atoms with Gasteiger partial charge in [0.25, 0.3) is 0 Å². The normalized spacial score (nSPS) is 21.4. The van der Waals surface area contributed by atoms with Gasteiger partial charge in [0.2, 0.25) is 11.4 Å². The molecule has 2 nitrogen and oxygen atoms in total. The van der Waals surface area contributed by atoms with E-state index < -0.39 is 0 Å². The predicted octanol–water partition coefficient (Wildman–Crippen LogP) is 9.89. The number of fused-ring (bicyclic) bond motifs is 6. The van der Waals surface area contributed by atoms with E-state index in [0.29, 0.717) is 5.92 Å². The quantitative estimate of drug-likeness (QED) is 0.158. The molecule has 0 bridgehead atoms. The second kappa shape index (κ2) is 11.7. The zero-order valence-electron chi connectivity index (χ0n) is 27.8. The Hall–Kier alpha value is -4.04. The van der Waals surface area contributed by atoms with E-state index in [0.717, 1.165) is 32.2 Å². The summed E-state index contributed by atoms with van der Waals surface area (Å²) in [4.78, 5) is 0. The largest absolute Gasteiger partial charge is 0.213 e. The van der Waals surface area contributed by atoms with Crippen molar-refractivity contribution in [1.29, 1.82) is 0 Å². The van der Waals surface area contributed by atoms with E-state index in [2.05, 4.69) is 153 Å². The van der Waals surface area contributed by atoms with Gasteiger partial charge in [0.05, 0.1) is 11.0 Å². The van der Waals surface area contributed by atoms with Crippen molar-refractivity contribution in [2.45, 2.75) is 96.6 Å². The van der Waals surface area contributed by atoms with Gasteiger partial charge in [0, 0.05) is 49.1 Å². The van der Waals surface area contributed by atoms with E-state index in [9.17, 15) is 0 Å². The third kappa shape index (κ3) is 4.76. The lowest BCUT2D eigenvalue weighted by Gasteiger charge is -2.49. The number of benzene rings is 3. The molecule has 0 saturated heterocycles. The molecule has 0 N–H and O–H groups in total. The van der Waals surface area contributed by atoms with Gasteiger partial charge in [0.1, 0.15) is 0 Å². The van der Waals surface area contributed by atoms with Gasteiger partial charge in [-0.1, -0.05) is 75.7 Å². The molecule has 2 aliphatic rings. The first kappa shape index (κ1) is 29.7. The molecule has 0 spiro atoms. The van der Waals surface area contributed by atoms with E-state index in [1.54, 1.807) is 5.56 Å². The summed E-state index contributed by atoms with van der Waals surface area (Å²) in [6.45, 7) is 12.9. The van der Waals surface area contributed by atoms with Crippen molar-refractivity contribution in [3.05, 3.63) is 132 Å². The monoisotopic (exact) mass is 592 g/mol. The summed E-state index contributed by atoms with van der Waals surface area (Å²) < 4.78 is 5.17. The van der Waals surface area contributed by atoms with E-state index in [4.69, 9.17) is 0 Å². The summed E-state index contributed by atoms with van der Waals surface area (Å²) in [6.07, 6.45) is 11.6. The average Bonchev–Trinajstić information content (AvgIpc) is 3.09. The molecule has 0 radical (unpaired) electrons. The highest BCUT2D eigenvalue weighted by molar-refractivity contribution is 5.73. The standard InChI is InChI=1S/C43H48N2/c1-6-9-15-32-19-22-39-38(27-32)40-18-13-14-24-45(40)42(5,7-2)43(39,8-3)29-35-30-44-25-23-31(4)26-41(44)36-21-20-34(28-37(35)36)33-16-11-10-12-17-33/h10-14,16-28,35H,6-9,15,29-30H2,1-5H3/q+2. The maximum Gasteiger partial charge on any atom is 0.213 e. The van der Waals surface area contributed by atoms with E-state index in [1.165, 1.54) is 63.2 Å². The molecule has 2 heteroatoms. The lowest BCUT2D eigenvalue weighted by Crippen LogP contribution is -2.68. The summed E-state index contributed by atoms with van der Waals surface area (Å²) in [6, 6.07) is 37.1. The first-order chi connectivity index (χ1) is 21.9. The molecule has 45 heavy (non-hydrogen) atoms. The number of aromatic nitrogens is 2. The summed E-state index contributed by atoms with van der Waals surface area (Å²) >= 11 is 0. The highest BCUT2D eigenvalue weighted by Gasteiger charge is 2.60. The number of pyridine rings is 2. The Morgan fingerprint density at radius 3 is 2.33 bits per heavy atom. The van der Waals surface area contributed by atoms with Crippen LogP contribution < -0.4 is 9.13 Å². The molecule has 2 aliphatic heterocycles. The smallest absolute Gasteiger partial charge is 0.198 e. The number of hydrogen-bond donors (Lipinski definition) is 0. The van der Waals surface area contributed by atoms with Crippen LogP contribution in [0.15, 0.2) is 109 Å². The molecule has 228 valence electrons. The zero-order valence-corrected chi connectivity index (χ0v) is 27.8. The third-order valence-electron chi connectivity index (χ3n) is 11.5. The van der Waals surface area contributed by atoms with Gasteiger partial charge in [-0.05, 0) is 90.3 Å². The van der Waals surface area contributed by atoms with Gasteiger partial charge in [0.15, 0.2) is 24.5 Å². The molecule has 7 rings (SSSR count). The fourth-order valence-electron chi connectivity index (χ4n) is 8.83. The Balaban J connectivity index is 1.43. The molecule has 0 aliphatic carbocycles. The van der Waals surface area contributed by atoms with Crippen molar-refractivity contribution in [1.82, 2.24) is 0 Å². The fourth-order valence-corrected chi connectivity index (χ4v) is 8.83. The number of aryl methyl sites for hydroxylation is 2. The van der Waals surface area contributed by atoms with Crippen LogP contribution in [-0.2, 0) is 23.9 Å².